The van der Waals surface area contributed by atoms with E-state index in [2.05, 4.69) is 24.3 Å². The van der Waals surface area contributed by atoms with Crippen LogP contribution in [0.3, 0.4) is 0 Å². The van der Waals surface area contributed by atoms with E-state index >= 15 is 0 Å². The highest BCUT2D eigenvalue weighted by atomic mass is 32.2. The molecule has 0 aliphatic carbocycles. The molecule has 5 heteroatoms. The molecule has 0 amide bonds. The summed E-state index contributed by atoms with van der Waals surface area (Å²) in [7, 11) is 0. The maximum atomic E-state index is 10.4. The standard InChI is InChI=1S/C19H24O4S/c1-3-24-19-18(17(21)16(20)12(2)23-19)22-11-13-8-9-14-6-4-5-7-15(14)10-13/h4-10,12,16-21H,3,11H2,1-2H3/t12-,16-,17+,18+,19-/m0/s1. The fraction of sp³-hybridized carbons (Fsp3) is 0.474. The van der Waals surface area contributed by atoms with E-state index in [1.54, 1.807) is 18.7 Å². The van der Waals surface area contributed by atoms with Gasteiger partial charge in [-0.25, -0.2) is 0 Å². The van der Waals surface area contributed by atoms with Crippen LogP contribution in [0.25, 0.3) is 10.8 Å². The number of benzene rings is 2. The van der Waals surface area contributed by atoms with Crippen LogP contribution in [0, 0.1) is 0 Å². The molecule has 2 N–H and O–H groups in total. The van der Waals surface area contributed by atoms with Gasteiger partial charge >= 0.3 is 0 Å². The van der Waals surface area contributed by atoms with Gasteiger partial charge in [-0.2, -0.15) is 0 Å². The molecule has 1 heterocycles. The molecule has 4 nitrogen and oxygen atoms in total. The average Bonchev–Trinajstić information content (AvgIpc) is 2.59. The van der Waals surface area contributed by atoms with Crippen molar-refractivity contribution in [3.05, 3.63) is 48.0 Å². The molecular formula is C19H24O4S. The first-order valence-electron chi connectivity index (χ1n) is 8.32. The Balaban J connectivity index is 1.72. The number of ether oxygens (including phenoxy) is 2. The third-order valence-electron chi connectivity index (χ3n) is 4.37. The lowest BCUT2D eigenvalue weighted by Gasteiger charge is -2.41. The second kappa shape index (κ2) is 7.85. The second-order valence-electron chi connectivity index (χ2n) is 6.10. The predicted octanol–water partition coefficient (Wildman–Crippen LogP) is 2.94. The van der Waals surface area contributed by atoms with Crippen molar-refractivity contribution >= 4 is 22.5 Å². The summed E-state index contributed by atoms with van der Waals surface area (Å²) in [5.41, 5.74) is 0.762. The molecule has 0 radical (unpaired) electrons. The van der Waals surface area contributed by atoms with Gasteiger partial charge in [0.1, 0.15) is 23.7 Å². The first-order valence-corrected chi connectivity index (χ1v) is 9.37. The van der Waals surface area contributed by atoms with Gasteiger partial charge < -0.3 is 19.7 Å². The molecule has 5 atom stereocenters. The molecule has 0 aromatic heterocycles. The van der Waals surface area contributed by atoms with Crippen LogP contribution < -0.4 is 0 Å². The van der Waals surface area contributed by atoms with Gasteiger partial charge in [-0.15, -0.1) is 11.8 Å². The van der Waals surface area contributed by atoms with Crippen molar-refractivity contribution in [2.75, 3.05) is 5.75 Å². The number of aliphatic hydroxyl groups is 2. The zero-order valence-corrected chi connectivity index (χ0v) is 14.8. The molecular weight excluding hydrogens is 324 g/mol. The summed E-state index contributed by atoms with van der Waals surface area (Å²) in [6.07, 6.45) is -2.82. The minimum Gasteiger partial charge on any atom is -0.388 e. The molecule has 1 saturated heterocycles. The molecule has 0 unspecified atom stereocenters. The summed E-state index contributed by atoms with van der Waals surface area (Å²) in [5, 5.41) is 22.8. The van der Waals surface area contributed by atoms with Crippen LogP contribution in [0.5, 0.6) is 0 Å². The summed E-state index contributed by atoms with van der Waals surface area (Å²) in [6.45, 7) is 4.19. The van der Waals surface area contributed by atoms with Crippen molar-refractivity contribution in [3.63, 3.8) is 0 Å². The van der Waals surface area contributed by atoms with Gasteiger partial charge in [0.2, 0.25) is 0 Å². The van der Waals surface area contributed by atoms with Crippen molar-refractivity contribution < 1.29 is 19.7 Å². The summed E-state index contributed by atoms with van der Waals surface area (Å²) in [5.74, 6) is 0.857. The highest BCUT2D eigenvalue weighted by Gasteiger charge is 2.43. The Morgan fingerprint density at radius 3 is 2.58 bits per heavy atom. The van der Waals surface area contributed by atoms with Gasteiger partial charge in [0.05, 0.1) is 12.7 Å². The fourth-order valence-corrected chi connectivity index (χ4v) is 4.01. The van der Waals surface area contributed by atoms with E-state index in [9.17, 15) is 10.2 Å². The largest absolute Gasteiger partial charge is 0.388 e. The zero-order valence-electron chi connectivity index (χ0n) is 14.0. The topological polar surface area (TPSA) is 58.9 Å². The third-order valence-corrected chi connectivity index (χ3v) is 5.41. The van der Waals surface area contributed by atoms with Crippen molar-refractivity contribution in [1.29, 1.82) is 0 Å². The maximum Gasteiger partial charge on any atom is 0.132 e. The van der Waals surface area contributed by atoms with Crippen molar-refractivity contribution in [1.82, 2.24) is 0 Å². The first-order chi connectivity index (χ1) is 11.6. The van der Waals surface area contributed by atoms with Crippen molar-refractivity contribution in [2.45, 2.75) is 50.3 Å². The first kappa shape index (κ1) is 17.7. The SMILES string of the molecule is CCS[C@@H]1O[C@@H](C)[C@H](O)[C@@H](O)[C@H]1OCc1ccc2ccccc2c1. The molecule has 2 aromatic carbocycles. The molecule has 130 valence electrons. The highest BCUT2D eigenvalue weighted by molar-refractivity contribution is 7.99. The van der Waals surface area contributed by atoms with Crippen LogP contribution >= 0.6 is 11.8 Å². The van der Waals surface area contributed by atoms with E-state index in [4.69, 9.17) is 9.47 Å². The third kappa shape index (κ3) is 3.76. The van der Waals surface area contributed by atoms with Crippen LogP contribution in [0.15, 0.2) is 42.5 Å². The Morgan fingerprint density at radius 1 is 1.08 bits per heavy atom. The van der Waals surface area contributed by atoms with E-state index in [1.807, 2.05) is 25.1 Å². The number of rotatable bonds is 5. The average molecular weight is 348 g/mol. The molecule has 0 saturated carbocycles. The fourth-order valence-electron chi connectivity index (χ4n) is 3.00. The smallest absolute Gasteiger partial charge is 0.132 e. The van der Waals surface area contributed by atoms with Crippen LogP contribution in [0.4, 0.5) is 0 Å². The Labute approximate surface area is 146 Å². The van der Waals surface area contributed by atoms with E-state index in [-0.39, 0.29) is 5.44 Å². The Bertz CT molecular complexity index is 677. The summed E-state index contributed by atoms with van der Waals surface area (Å²) in [4.78, 5) is 0. The second-order valence-corrected chi connectivity index (χ2v) is 7.48. The monoisotopic (exact) mass is 348 g/mol. The number of fused-ring (bicyclic) bond motifs is 1. The van der Waals surface area contributed by atoms with Gasteiger partial charge in [-0.1, -0.05) is 43.3 Å². The molecule has 1 aliphatic rings. The van der Waals surface area contributed by atoms with Crippen molar-refractivity contribution in [3.8, 4) is 0 Å². The minimum absolute atomic E-state index is 0.274. The molecule has 24 heavy (non-hydrogen) atoms. The van der Waals surface area contributed by atoms with E-state index in [1.165, 1.54) is 5.39 Å². The summed E-state index contributed by atoms with van der Waals surface area (Å²) in [6, 6.07) is 14.4. The highest BCUT2D eigenvalue weighted by Crippen LogP contribution is 2.31. The Hall–Kier alpha value is -1.11. The summed E-state index contributed by atoms with van der Waals surface area (Å²) >= 11 is 1.59. The van der Waals surface area contributed by atoms with Crippen LogP contribution in [0.1, 0.15) is 19.4 Å². The van der Waals surface area contributed by atoms with E-state index < -0.39 is 24.4 Å². The summed E-state index contributed by atoms with van der Waals surface area (Å²) < 4.78 is 11.8. The molecule has 0 bridgehead atoms. The van der Waals surface area contributed by atoms with Gasteiger partial charge in [0.25, 0.3) is 0 Å². The molecule has 3 rings (SSSR count). The van der Waals surface area contributed by atoms with E-state index in [0.29, 0.717) is 6.61 Å². The molecule has 0 spiro atoms. The van der Waals surface area contributed by atoms with Gasteiger partial charge in [-0.05, 0) is 35.1 Å². The lowest BCUT2D eigenvalue weighted by Crippen LogP contribution is -2.56. The Kier molecular flexibility index (Phi) is 5.79. The number of hydrogen-bond acceptors (Lipinski definition) is 5. The van der Waals surface area contributed by atoms with Gasteiger partial charge in [-0.3, -0.25) is 0 Å². The zero-order chi connectivity index (χ0) is 17.1. The lowest BCUT2D eigenvalue weighted by atomic mass is 10.0. The molecule has 2 aromatic rings. The minimum atomic E-state index is -0.946. The van der Waals surface area contributed by atoms with Crippen LogP contribution in [-0.4, -0.2) is 45.8 Å². The van der Waals surface area contributed by atoms with Crippen molar-refractivity contribution in [2.24, 2.45) is 0 Å². The predicted molar refractivity (Wildman–Crippen MR) is 97.0 cm³/mol. The van der Waals surface area contributed by atoms with E-state index in [0.717, 1.165) is 16.7 Å². The number of thioether (sulfide) groups is 1. The van der Waals surface area contributed by atoms with Crippen LogP contribution in [0.2, 0.25) is 0 Å². The molecule has 1 fully saturated rings. The normalized spacial score (nSPS) is 30.6. The maximum absolute atomic E-state index is 10.4. The van der Waals surface area contributed by atoms with Gasteiger partial charge in [0.15, 0.2) is 0 Å². The van der Waals surface area contributed by atoms with Crippen LogP contribution in [-0.2, 0) is 16.1 Å². The molecule has 1 aliphatic heterocycles. The lowest BCUT2D eigenvalue weighted by molar-refractivity contribution is -0.210. The number of hydrogen-bond donors (Lipinski definition) is 2. The quantitative estimate of drug-likeness (QED) is 0.870. The van der Waals surface area contributed by atoms with Gasteiger partial charge in [0, 0.05) is 0 Å². The Morgan fingerprint density at radius 2 is 1.83 bits per heavy atom. The number of aliphatic hydroxyl groups excluding tert-OH is 2.